The normalized spacial score (nSPS) is 15.8. The number of carboxylic acid groups (broad SMARTS) is 1. The molecule has 6 nitrogen and oxygen atoms in total. The minimum Gasteiger partial charge on any atom is -0.480 e. The SMILES string of the molecule is CCN(CC(=O)O)C(=O)NCCN1CCCC1. The van der Waals surface area contributed by atoms with Crippen molar-refractivity contribution in [1.29, 1.82) is 0 Å². The Morgan fingerprint density at radius 1 is 1.35 bits per heavy atom. The molecule has 98 valence electrons. The van der Waals surface area contributed by atoms with Crippen molar-refractivity contribution in [2.24, 2.45) is 0 Å². The van der Waals surface area contributed by atoms with E-state index in [0.717, 1.165) is 19.6 Å². The monoisotopic (exact) mass is 243 g/mol. The minimum atomic E-state index is -0.985. The van der Waals surface area contributed by atoms with Gasteiger partial charge in [-0.25, -0.2) is 4.79 Å². The van der Waals surface area contributed by atoms with Crippen LogP contribution in [0.15, 0.2) is 0 Å². The number of likely N-dealkylation sites (N-methyl/N-ethyl adjacent to an activating group) is 1. The number of nitrogens with one attached hydrogen (secondary N) is 1. The number of carboxylic acids is 1. The van der Waals surface area contributed by atoms with Gasteiger partial charge < -0.3 is 20.2 Å². The van der Waals surface area contributed by atoms with Gasteiger partial charge in [-0.05, 0) is 32.9 Å². The highest BCUT2D eigenvalue weighted by Crippen LogP contribution is 2.05. The van der Waals surface area contributed by atoms with Crippen LogP contribution in [0.3, 0.4) is 0 Å². The predicted molar refractivity (Wildman–Crippen MR) is 64.0 cm³/mol. The molecule has 0 aromatic rings. The fourth-order valence-corrected chi connectivity index (χ4v) is 1.93. The van der Waals surface area contributed by atoms with E-state index >= 15 is 0 Å². The molecule has 0 bridgehead atoms. The van der Waals surface area contributed by atoms with Crippen LogP contribution in [0.4, 0.5) is 4.79 Å². The van der Waals surface area contributed by atoms with Crippen LogP contribution in [0.2, 0.25) is 0 Å². The molecular weight excluding hydrogens is 222 g/mol. The molecule has 0 aromatic heterocycles. The van der Waals surface area contributed by atoms with E-state index < -0.39 is 5.97 Å². The summed E-state index contributed by atoms with van der Waals surface area (Å²) in [5.41, 5.74) is 0. The molecule has 0 radical (unpaired) electrons. The molecule has 0 spiro atoms. The maximum Gasteiger partial charge on any atom is 0.323 e. The first-order valence-corrected chi connectivity index (χ1v) is 6.10. The third-order valence-electron chi connectivity index (χ3n) is 2.90. The molecule has 6 heteroatoms. The van der Waals surface area contributed by atoms with Gasteiger partial charge in [0.05, 0.1) is 0 Å². The first kappa shape index (κ1) is 13.8. The average molecular weight is 243 g/mol. The van der Waals surface area contributed by atoms with Gasteiger partial charge in [-0.2, -0.15) is 0 Å². The summed E-state index contributed by atoms with van der Waals surface area (Å²) >= 11 is 0. The van der Waals surface area contributed by atoms with Gasteiger partial charge in [-0.1, -0.05) is 0 Å². The predicted octanol–water partition coefficient (Wildman–Crippen LogP) is 0.198. The molecule has 0 unspecified atom stereocenters. The van der Waals surface area contributed by atoms with E-state index in [9.17, 15) is 9.59 Å². The standard InChI is InChI=1S/C11H21N3O3/c1-2-14(9-10(15)16)11(17)12-5-8-13-6-3-4-7-13/h2-9H2,1H3,(H,12,17)(H,15,16). The Balaban J connectivity index is 2.19. The van der Waals surface area contributed by atoms with Crippen molar-refractivity contribution in [2.45, 2.75) is 19.8 Å². The quantitative estimate of drug-likeness (QED) is 0.699. The second-order valence-corrected chi connectivity index (χ2v) is 4.19. The smallest absolute Gasteiger partial charge is 0.323 e. The molecule has 0 aliphatic carbocycles. The summed E-state index contributed by atoms with van der Waals surface area (Å²) in [6.07, 6.45) is 2.46. The summed E-state index contributed by atoms with van der Waals surface area (Å²) in [5, 5.41) is 11.4. The van der Waals surface area contributed by atoms with Gasteiger partial charge in [-0.3, -0.25) is 4.79 Å². The van der Waals surface area contributed by atoms with Gasteiger partial charge in [0, 0.05) is 19.6 Å². The number of likely N-dealkylation sites (tertiary alicyclic amines) is 1. The lowest BCUT2D eigenvalue weighted by molar-refractivity contribution is -0.137. The fourth-order valence-electron chi connectivity index (χ4n) is 1.93. The Bertz CT molecular complexity index is 265. The zero-order valence-corrected chi connectivity index (χ0v) is 10.3. The van der Waals surface area contributed by atoms with E-state index in [-0.39, 0.29) is 12.6 Å². The van der Waals surface area contributed by atoms with Crippen molar-refractivity contribution in [3.05, 3.63) is 0 Å². The number of aliphatic carboxylic acids is 1. The van der Waals surface area contributed by atoms with E-state index in [1.165, 1.54) is 17.7 Å². The fraction of sp³-hybridized carbons (Fsp3) is 0.818. The van der Waals surface area contributed by atoms with E-state index in [1.54, 1.807) is 6.92 Å². The summed E-state index contributed by atoms with van der Waals surface area (Å²) in [5.74, 6) is -0.985. The van der Waals surface area contributed by atoms with Gasteiger partial charge >= 0.3 is 12.0 Å². The number of carbonyl (C=O) groups is 2. The summed E-state index contributed by atoms with van der Waals surface area (Å²) in [6, 6.07) is -0.297. The van der Waals surface area contributed by atoms with Crippen LogP contribution in [0, 0.1) is 0 Å². The van der Waals surface area contributed by atoms with Crippen molar-refractivity contribution in [2.75, 3.05) is 39.3 Å². The number of amides is 2. The van der Waals surface area contributed by atoms with Crippen molar-refractivity contribution in [1.82, 2.24) is 15.1 Å². The zero-order valence-electron chi connectivity index (χ0n) is 10.3. The Hall–Kier alpha value is -1.30. The van der Waals surface area contributed by atoms with Crippen LogP contribution in [0.1, 0.15) is 19.8 Å². The number of rotatable bonds is 6. The first-order valence-electron chi connectivity index (χ1n) is 6.10. The lowest BCUT2D eigenvalue weighted by Crippen LogP contribution is -2.44. The molecule has 0 atom stereocenters. The van der Waals surface area contributed by atoms with Crippen LogP contribution < -0.4 is 5.32 Å². The van der Waals surface area contributed by atoms with Crippen molar-refractivity contribution in [3.8, 4) is 0 Å². The van der Waals surface area contributed by atoms with Crippen molar-refractivity contribution < 1.29 is 14.7 Å². The maximum atomic E-state index is 11.6. The van der Waals surface area contributed by atoms with Gasteiger partial charge in [0.1, 0.15) is 6.54 Å². The number of hydrogen-bond acceptors (Lipinski definition) is 3. The average Bonchev–Trinajstić information content (AvgIpc) is 2.78. The highest BCUT2D eigenvalue weighted by atomic mass is 16.4. The Morgan fingerprint density at radius 2 is 2.00 bits per heavy atom. The second-order valence-electron chi connectivity index (χ2n) is 4.19. The third kappa shape index (κ3) is 5.04. The summed E-state index contributed by atoms with van der Waals surface area (Å²) in [6.45, 7) is 5.55. The van der Waals surface area contributed by atoms with Crippen LogP contribution in [-0.2, 0) is 4.79 Å². The molecular formula is C11H21N3O3. The maximum absolute atomic E-state index is 11.6. The Labute approximate surface area is 102 Å². The molecule has 1 heterocycles. The van der Waals surface area contributed by atoms with Crippen LogP contribution >= 0.6 is 0 Å². The van der Waals surface area contributed by atoms with Gasteiger partial charge in [0.15, 0.2) is 0 Å². The first-order chi connectivity index (χ1) is 8.13. The second kappa shape index (κ2) is 7.11. The van der Waals surface area contributed by atoms with Crippen LogP contribution in [-0.4, -0.2) is 66.2 Å². The molecule has 1 saturated heterocycles. The lowest BCUT2D eigenvalue weighted by Gasteiger charge is -2.20. The van der Waals surface area contributed by atoms with Gasteiger partial charge in [0.25, 0.3) is 0 Å². The van der Waals surface area contributed by atoms with Crippen molar-refractivity contribution in [3.63, 3.8) is 0 Å². The lowest BCUT2D eigenvalue weighted by atomic mass is 10.4. The highest BCUT2D eigenvalue weighted by Gasteiger charge is 2.15. The largest absolute Gasteiger partial charge is 0.480 e. The van der Waals surface area contributed by atoms with E-state index in [4.69, 9.17) is 5.11 Å². The van der Waals surface area contributed by atoms with E-state index in [1.807, 2.05) is 0 Å². The minimum absolute atomic E-state index is 0.244. The molecule has 2 amide bonds. The zero-order chi connectivity index (χ0) is 12.7. The topological polar surface area (TPSA) is 72.9 Å². The molecule has 1 fully saturated rings. The molecule has 0 aromatic carbocycles. The summed E-state index contributed by atoms with van der Waals surface area (Å²) in [7, 11) is 0. The van der Waals surface area contributed by atoms with Crippen molar-refractivity contribution >= 4 is 12.0 Å². The molecule has 0 saturated carbocycles. The Morgan fingerprint density at radius 3 is 2.53 bits per heavy atom. The Kier molecular flexibility index (Phi) is 5.76. The third-order valence-corrected chi connectivity index (χ3v) is 2.90. The number of nitrogens with zero attached hydrogens (tertiary/aromatic N) is 2. The summed E-state index contributed by atoms with van der Waals surface area (Å²) in [4.78, 5) is 25.7. The molecule has 17 heavy (non-hydrogen) atoms. The van der Waals surface area contributed by atoms with Crippen LogP contribution in [0.25, 0.3) is 0 Å². The van der Waals surface area contributed by atoms with E-state index in [0.29, 0.717) is 13.1 Å². The number of hydrogen-bond donors (Lipinski definition) is 2. The highest BCUT2D eigenvalue weighted by molar-refractivity contribution is 5.79. The van der Waals surface area contributed by atoms with Crippen LogP contribution in [0.5, 0.6) is 0 Å². The number of urea groups is 1. The van der Waals surface area contributed by atoms with Gasteiger partial charge in [-0.15, -0.1) is 0 Å². The number of carbonyl (C=O) groups excluding carboxylic acids is 1. The van der Waals surface area contributed by atoms with Gasteiger partial charge in [0.2, 0.25) is 0 Å². The molecule has 1 aliphatic heterocycles. The molecule has 1 aliphatic rings. The molecule has 2 N–H and O–H groups in total. The molecule has 1 rings (SSSR count). The summed E-state index contributed by atoms with van der Waals surface area (Å²) < 4.78 is 0. The van der Waals surface area contributed by atoms with E-state index in [2.05, 4.69) is 10.2 Å².